The second-order valence-corrected chi connectivity index (χ2v) is 34.9. The fourth-order valence-electron chi connectivity index (χ4n) is 17.1. The highest BCUT2D eigenvalue weighted by atomic mass is 16.1. The third-order valence-corrected chi connectivity index (χ3v) is 24.3. The lowest BCUT2D eigenvalue weighted by Gasteiger charge is -2.05. The van der Waals surface area contributed by atoms with Gasteiger partial charge in [0.05, 0.1) is 0 Å². The molecule has 0 aromatic carbocycles. The molecule has 0 saturated carbocycles. The minimum absolute atomic E-state index is 0.478. The third kappa shape index (κ3) is 97.7. The average Bonchev–Trinajstić information content (AvgIpc) is 3.65. The van der Waals surface area contributed by atoms with Crippen LogP contribution in [0.4, 0.5) is 0 Å². The standard InChI is InChI=1S/C100H200O/c1-3-5-6-7-8-9-10-11-12-13-14-15-16-17-18-19-20-21-22-23-24-25-26-27-28-29-30-31-32-33-34-35-36-37-38-39-40-41-42-43-44-45-46-47-48-49-50-51-52-53-54-55-56-57-58-59-60-61-62-63-64-65-66-67-68-69-70-71-72-73-74-75-76-77-78-79-80-81-82-83-84-85-86-87-88-89-90-91-92-93-94-95-96-97-99-100(101)98-4-2/h3-99H2,1-2H3. The molecule has 1 heteroatoms. The van der Waals surface area contributed by atoms with Gasteiger partial charge in [0.15, 0.2) is 0 Å². The Labute approximate surface area is 643 Å². The van der Waals surface area contributed by atoms with Crippen LogP contribution < -0.4 is 0 Å². The molecule has 0 bridgehead atoms. The van der Waals surface area contributed by atoms with Gasteiger partial charge in [-0.1, -0.05) is 611 Å². The zero-order chi connectivity index (χ0) is 72.2. The van der Waals surface area contributed by atoms with Crippen molar-refractivity contribution in [2.24, 2.45) is 0 Å². The first-order valence-corrected chi connectivity index (χ1v) is 49.8. The molecule has 101 heavy (non-hydrogen) atoms. The smallest absolute Gasteiger partial charge is 0.132 e. The van der Waals surface area contributed by atoms with Crippen molar-refractivity contribution in [1.29, 1.82) is 0 Å². The molecule has 0 unspecified atom stereocenters. The molecule has 0 aromatic rings. The highest BCUT2D eigenvalue weighted by Gasteiger charge is 2.05. The summed E-state index contributed by atoms with van der Waals surface area (Å²) in [5, 5.41) is 0. The van der Waals surface area contributed by atoms with E-state index < -0.39 is 0 Å². The second-order valence-electron chi connectivity index (χ2n) is 34.9. The first-order valence-electron chi connectivity index (χ1n) is 49.8. The van der Waals surface area contributed by atoms with Crippen LogP contribution in [0.3, 0.4) is 0 Å². The van der Waals surface area contributed by atoms with E-state index in [0.717, 1.165) is 25.7 Å². The van der Waals surface area contributed by atoms with Gasteiger partial charge >= 0.3 is 0 Å². The van der Waals surface area contributed by atoms with Crippen LogP contribution in [0.5, 0.6) is 0 Å². The summed E-state index contributed by atoms with van der Waals surface area (Å²) in [6, 6.07) is 0. The van der Waals surface area contributed by atoms with Crippen molar-refractivity contribution in [2.45, 2.75) is 637 Å². The Morgan fingerprint density at radius 1 is 0.0990 bits per heavy atom. The van der Waals surface area contributed by atoms with Gasteiger partial charge in [-0.05, 0) is 12.8 Å². The van der Waals surface area contributed by atoms with Gasteiger partial charge in [0.2, 0.25) is 0 Å². The Morgan fingerprint density at radius 2 is 0.178 bits per heavy atom. The Balaban J connectivity index is 3.10. The predicted molar refractivity (Wildman–Crippen MR) is 464 cm³/mol. The van der Waals surface area contributed by atoms with Crippen molar-refractivity contribution in [2.75, 3.05) is 0 Å². The molecule has 0 aromatic heterocycles. The van der Waals surface area contributed by atoms with E-state index >= 15 is 0 Å². The van der Waals surface area contributed by atoms with Crippen molar-refractivity contribution in [3.63, 3.8) is 0 Å². The zero-order valence-electron chi connectivity index (χ0n) is 71.5. The number of unbranched alkanes of at least 4 members (excludes halogenated alkanes) is 93. The SMILES string of the molecule is CCCCCCCCCCCCCCCCCCCCCCCCCCCCCCCCCCCCCCCCCCCCCCCCCCCCCCCCCCCCCCCCCCCCCCCCCCCCCCCCCCCCCCCCCCCCCCCCC(=O)CCC. The first-order chi connectivity index (χ1) is 50.3. The number of Topliss-reactive ketones (excluding diaryl/α,β-unsaturated/α-hetero) is 1. The summed E-state index contributed by atoms with van der Waals surface area (Å²) < 4.78 is 0. The number of carbonyl (C=O) groups excluding carboxylic acids is 1. The molecule has 606 valence electrons. The van der Waals surface area contributed by atoms with Crippen LogP contribution in [-0.4, -0.2) is 5.78 Å². The van der Waals surface area contributed by atoms with Crippen LogP contribution >= 0.6 is 0 Å². The van der Waals surface area contributed by atoms with Crippen LogP contribution in [0.25, 0.3) is 0 Å². The largest absolute Gasteiger partial charge is 0.300 e. The van der Waals surface area contributed by atoms with E-state index in [1.165, 1.54) is 597 Å². The monoisotopic (exact) mass is 1420 g/mol. The van der Waals surface area contributed by atoms with E-state index in [0.29, 0.717) is 5.78 Å². The number of hydrogen-bond acceptors (Lipinski definition) is 1. The maximum atomic E-state index is 11.6. The minimum atomic E-state index is 0.478. The van der Waals surface area contributed by atoms with Crippen molar-refractivity contribution >= 4 is 5.78 Å². The van der Waals surface area contributed by atoms with Crippen LogP contribution in [0.1, 0.15) is 637 Å². The lowest BCUT2D eigenvalue weighted by molar-refractivity contribution is -0.119. The lowest BCUT2D eigenvalue weighted by atomic mass is 10.0. The van der Waals surface area contributed by atoms with Gasteiger partial charge in [-0.15, -0.1) is 0 Å². The molecule has 0 aliphatic rings. The summed E-state index contributed by atoms with van der Waals surface area (Å²) >= 11 is 0. The summed E-state index contributed by atoms with van der Waals surface area (Å²) in [7, 11) is 0. The van der Waals surface area contributed by atoms with E-state index in [4.69, 9.17) is 0 Å². The maximum Gasteiger partial charge on any atom is 0.132 e. The quantitative estimate of drug-likeness (QED) is 0.0555. The second kappa shape index (κ2) is 97.7. The Bertz CT molecular complexity index is 1380. The van der Waals surface area contributed by atoms with Crippen molar-refractivity contribution < 1.29 is 4.79 Å². The molecule has 0 fully saturated rings. The van der Waals surface area contributed by atoms with Gasteiger partial charge in [-0.3, -0.25) is 4.79 Å². The number of rotatable bonds is 97. The normalized spacial score (nSPS) is 11.8. The van der Waals surface area contributed by atoms with Gasteiger partial charge in [-0.2, -0.15) is 0 Å². The number of carbonyl (C=O) groups is 1. The average molecular weight is 1420 g/mol. The van der Waals surface area contributed by atoms with Gasteiger partial charge in [0, 0.05) is 12.8 Å². The molecule has 0 spiro atoms. The maximum absolute atomic E-state index is 11.6. The molecule has 0 N–H and O–H groups in total. The number of ketones is 1. The first kappa shape index (κ1) is 101. The molecule has 0 rings (SSSR count). The lowest BCUT2D eigenvalue weighted by Crippen LogP contribution is -1.96. The van der Waals surface area contributed by atoms with Crippen LogP contribution in [0.2, 0.25) is 0 Å². The predicted octanol–water partition coefficient (Wildman–Crippen LogP) is 38.4. The van der Waals surface area contributed by atoms with Crippen molar-refractivity contribution in [1.82, 2.24) is 0 Å². The molecular formula is C100H200O. The van der Waals surface area contributed by atoms with Crippen molar-refractivity contribution in [3.8, 4) is 0 Å². The molecule has 0 saturated heterocycles. The summed E-state index contributed by atoms with van der Waals surface area (Å²) in [6.07, 6.45) is 142. The highest BCUT2D eigenvalue weighted by molar-refractivity contribution is 5.78. The van der Waals surface area contributed by atoms with Gasteiger partial charge < -0.3 is 0 Å². The zero-order valence-corrected chi connectivity index (χ0v) is 71.5. The van der Waals surface area contributed by atoms with Gasteiger partial charge in [0.1, 0.15) is 5.78 Å². The van der Waals surface area contributed by atoms with E-state index in [2.05, 4.69) is 13.8 Å². The number of hydrogen-bond donors (Lipinski definition) is 0. The van der Waals surface area contributed by atoms with Gasteiger partial charge in [0.25, 0.3) is 0 Å². The summed E-state index contributed by atoms with van der Waals surface area (Å²) in [6.45, 7) is 4.42. The van der Waals surface area contributed by atoms with E-state index in [1.54, 1.807) is 0 Å². The molecule has 0 amide bonds. The molecule has 0 heterocycles. The Hall–Kier alpha value is -0.330. The minimum Gasteiger partial charge on any atom is -0.300 e. The highest BCUT2D eigenvalue weighted by Crippen LogP contribution is 2.24. The molecule has 1 nitrogen and oxygen atoms in total. The van der Waals surface area contributed by atoms with E-state index in [9.17, 15) is 4.79 Å². The molecule has 0 atom stereocenters. The molecule has 0 aliphatic carbocycles. The summed E-state index contributed by atoms with van der Waals surface area (Å²) in [4.78, 5) is 11.6. The Morgan fingerprint density at radius 3 is 0.257 bits per heavy atom. The Kier molecular flexibility index (Phi) is 97.4. The molecule has 0 aliphatic heterocycles. The van der Waals surface area contributed by atoms with E-state index in [-0.39, 0.29) is 0 Å². The van der Waals surface area contributed by atoms with Gasteiger partial charge in [-0.25, -0.2) is 0 Å². The molecular weight excluding hydrogens is 1220 g/mol. The van der Waals surface area contributed by atoms with Crippen molar-refractivity contribution in [3.05, 3.63) is 0 Å². The summed E-state index contributed by atoms with van der Waals surface area (Å²) in [5.74, 6) is 0.478. The van der Waals surface area contributed by atoms with Crippen LogP contribution in [0.15, 0.2) is 0 Å². The summed E-state index contributed by atoms with van der Waals surface area (Å²) in [5.41, 5.74) is 0. The fourth-order valence-corrected chi connectivity index (χ4v) is 17.1. The molecule has 0 radical (unpaired) electrons. The third-order valence-electron chi connectivity index (χ3n) is 24.3. The van der Waals surface area contributed by atoms with Crippen LogP contribution in [0, 0.1) is 0 Å². The van der Waals surface area contributed by atoms with Crippen LogP contribution in [-0.2, 0) is 4.79 Å². The topological polar surface area (TPSA) is 17.1 Å². The van der Waals surface area contributed by atoms with E-state index in [1.807, 2.05) is 0 Å². The fraction of sp³-hybridized carbons (Fsp3) is 0.990.